The summed E-state index contributed by atoms with van der Waals surface area (Å²) in [5, 5.41) is 8.95. The van der Waals surface area contributed by atoms with Crippen LogP contribution in [-0.2, 0) is 6.18 Å². The number of thioether (sulfide) groups is 1. The number of aromatic nitrogens is 4. The van der Waals surface area contributed by atoms with Gasteiger partial charge in [-0.3, -0.25) is 9.88 Å². The average molecular weight is 814 g/mol. The van der Waals surface area contributed by atoms with E-state index < -0.39 is 117 Å². The molecule has 7 rings (SSSR count). The molecule has 2 aromatic heterocycles. The van der Waals surface area contributed by atoms with Gasteiger partial charge in [-0.25, -0.2) is 18.2 Å². The number of nitrogens with two attached hydrogens (primary N) is 2. The standard InChI is InChI=1S/C28H20F8N8O2S.C7H12FN/c1-11(38)47-23-13(10-37)12(3-4-14(23)29)16-18(28(34,35)36)22-17-21(19(16)30)42-26(45-2)43-25(17)44(7-8-46-22)15(9-27(31,32)33)20-24(39)41-6-5-40-20;8-6-4-7-2-1-3-9(7)5-6/h3-6,15H,1,7-9,38H2,2H3,(H2,39,41);6-7H,1-5H2. The molecule has 0 aliphatic carbocycles. The summed E-state index contributed by atoms with van der Waals surface area (Å²) in [4.78, 5) is 18.3. The summed E-state index contributed by atoms with van der Waals surface area (Å²) in [5.41, 5.74) is 5.77. The summed E-state index contributed by atoms with van der Waals surface area (Å²) in [6.45, 7) is 4.04. The molecule has 2 saturated heterocycles. The molecule has 3 unspecified atom stereocenters. The van der Waals surface area contributed by atoms with Crippen molar-refractivity contribution in [2.24, 2.45) is 5.73 Å². The Morgan fingerprint density at radius 1 is 1.14 bits per heavy atom. The molecule has 3 atom stereocenters. The number of rotatable bonds is 7. The van der Waals surface area contributed by atoms with Crippen molar-refractivity contribution >= 4 is 34.3 Å². The second-order valence-corrected chi connectivity index (χ2v) is 14.1. The third-order valence-electron chi connectivity index (χ3n) is 9.37. The smallest absolute Gasteiger partial charge is 0.420 e. The highest BCUT2D eigenvalue weighted by Crippen LogP contribution is 2.53. The van der Waals surface area contributed by atoms with E-state index in [4.69, 9.17) is 20.9 Å². The van der Waals surface area contributed by atoms with Gasteiger partial charge in [0.25, 0.3) is 0 Å². The van der Waals surface area contributed by atoms with Crippen LogP contribution in [0.3, 0.4) is 0 Å². The molecule has 4 aromatic rings. The van der Waals surface area contributed by atoms with E-state index in [0.717, 1.165) is 43.4 Å². The van der Waals surface area contributed by atoms with Gasteiger partial charge in [0.05, 0.1) is 47.0 Å². The molecule has 0 bridgehead atoms. The number of alkyl halides is 7. The SMILES string of the molecule is C=C(N)Sc1c(F)ccc(-c2c(C(F)(F)F)c3c4c(nc(OC)nc4c2F)N(C(CC(F)(F)F)c2nccnc2N)CCO3)c1C#N.FC1CC2CCCN2C1. The highest BCUT2D eigenvalue weighted by molar-refractivity contribution is 8.03. The number of nitriles is 1. The number of methoxy groups -OCH3 is 1. The van der Waals surface area contributed by atoms with Gasteiger partial charge in [-0.2, -0.15) is 41.6 Å². The molecule has 0 amide bonds. The molecular weight excluding hydrogens is 781 g/mol. The fourth-order valence-electron chi connectivity index (χ4n) is 7.21. The number of halogens is 9. The number of hydrogen-bond donors (Lipinski definition) is 2. The molecule has 298 valence electrons. The van der Waals surface area contributed by atoms with E-state index in [1.54, 1.807) is 6.07 Å². The Labute approximate surface area is 317 Å². The number of hydrogen-bond acceptors (Lipinski definition) is 12. The zero-order chi connectivity index (χ0) is 40.7. The van der Waals surface area contributed by atoms with Crippen LogP contribution in [0.15, 0.2) is 41.0 Å². The highest BCUT2D eigenvalue weighted by atomic mass is 32.2. The van der Waals surface area contributed by atoms with Gasteiger partial charge in [0.2, 0.25) is 0 Å². The topological polar surface area (TPSA) is 152 Å². The van der Waals surface area contributed by atoms with Crippen LogP contribution in [-0.4, -0.2) is 76.6 Å². The molecule has 3 aliphatic rings. The minimum atomic E-state index is -5.42. The molecule has 5 heterocycles. The maximum Gasteiger partial charge on any atom is 0.420 e. The van der Waals surface area contributed by atoms with Gasteiger partial charge in [0.1, 0.15) is 58.8 Å². The van der Waals surface area contributed by atoms with Gasteiger partial charge >= 0.3 is 18.4 Å². The Hall–Kier alpha value is -5.23. The van der Waals surface area contributed by atoms with E-state index in [0.29, 0.717) is 30.4 Å². The molecule has 4 N–H and O–H groups in total. The van der Waals surface area contributed by atoms with Gasteiger partial charge in [-0.05, 0) is 37.9 Å². The summed E-state index contributed by atoms with van der Waals surface area (Å²) in [7, 11) is 1.04. The summed E-state index contributed by atoms with van der Waals surface area (Å²) < 4.78 is 142. The van der Waals surface area contributed by atoms with E-state index in [9.17, 15) is 27.2 Å². The number of anilines is 2. The maximum absolute atomic E-state index is 16.7. The molecule has 56 heavy (non-hydrogen) atoms. The number of fused-ring (bicyclic) bond motifs is 1. The molecule has 11 nitrogen and oxygen atoms in total. The van der Waals surface area contributed by atoms with Crippen molar-refractivity contribution in [2.45, 2.75) is 61.2 Å². The summed E-state index contributed by atoms with van der Waals surface area (Å²) in [6, 6.07) is 1.22. The number of nitrogens with zero attached hydrogens (tertiary/aromatic N) is 7. The monoisotopic (exact) mass is 813 g/mol. The Morgan fingerprint density at radius 2 is 1.88 bits per heavy atom. The quantitative estimate of drug-likeness (QED) is 0.141. The van der Waals surface area contributed by atoms with E-state index in [2.05, 4.69) is 31.4 Å². The number of benzene rings is 2. The summed E-state index contributed by atoms with van der Waals surface area (Å²) in [6.07, 6.45) is -6.90. The zero-order valence-electron chi connectivity index (χ0n) is 29.3. The summed E-state index contributed by atoms with van der Waals surface area (Å²) in [5.74, 6) is -4.80. The van der Waals surface area contributed by atoms with Crippen molar-refractivity contribution in [3.05, 3.63) is 64.6 Å². The molecule has 3 aliphatic heterocycles. The fourth-order valence-corrected chi connectivity index (χ4v) is 7.90. The van der Waals surface area contributed by atoms with E-state index in [1.807, 2.05) is 0 Å². The van der Waals surface area contributed by atoms with E-state index in [-0.39, 0.29) is 10.7 Å². The molecule has 2 fully saturated rings. The predicted molar refractivity (Wildman–Crippen MR) is 187 cm³/mol. The molecular formula is C35H32F9N9O2S. The summed E-state index contributed by atoms with van der Waals surface area (Å²) >= 11 is 0.433. The Morgan fingerprint density at radius 3 is 2.50 bits per heavy atom. The largest absolute Gasteiger partial charge is 0.490 e. The van der Waals surface area contributed by atoms with Gasteiger partial charge in [0.15, 0.2) is 5.82 Å². The Bertz CT molecular complexity index is 2190. The lowest BCUT2D eigenvalue weighted by atomic mass is 9.91. The van der Waals surface area contributed by atoms with Crippen LogP contribution in [0.5, 0.6) is 11.8 Å². The first-order valence-corrected chi connectivity index (χ1v) is 17.7. The molecule has 0 spiro atoms. The van der Waals surface area contributed by atoms with E-state index in [1.165, 1.54) is 12.8 Å². The van der Waals surface area contributed by atoms with Crippen molar-refractivity contribution in [1.29, 1.82) is 5.26 Å². The second-order valence-electron chi connectivity index (χ2n) is 13.0. The minimum Gasteiger partial charge on any atom is -0.490 e. The third-order valence-corrected chi connectivity index (χ3v) is 10.2. The van der Waals surface area contributed by atoms with Gasteiger partial charge in [-0.15, -0.1) is 0 Å². The first kappa shape index (κ1) is 40.4. The van der Waals surface area contributed by atoms with Gasteiger partial charge < -0.3 is 25.8 Å². The molecule has 0 saturated carbocycles. The third kappa shape index (κ3) is 8.02. The lowest BCUT2D eigenvalue weighted by Gasteiger charge is -2.32. The first-order chi connectivity index (χ1) is 26.4. The number of nitrogen functional groups attached to an aromatic ring is 1. The lowest BCUT2D eigenvalue weighted by Crippen LogP contribution is -2.36. The Kier molecular flexibility index (Phi) is 11.4. The molecule has 21 heteroatoms. The Balaban J connectivity index is 0.000000512. The zero-order valence-corrected chi connectivity index (χ0v) is 30.1. The fraction of sp³-hybridized carbons (Fsp3) is 0.400. The molecule has 0 radical (unpaired) electrons. The van der Waals surface area contributed by atoms with Crippen molar-refractivity contribution < 1.29 is 49.0 Å². The van der Waals surface area contributed by atoms with Crippen LogP contribution in [0.1, 0.15) is 48.5 Å². The highest BCUT2D eigenvalue weighted by Gasteiger charge is 2.46. The van der Waals surface area contributed by atoms with Crippen molar-refractivity contribution in [1.82, 2.24) is 24.8 Å². The predicted octanol–water partition coefficient (Wildman–Crippen LogP) is 7.45. The van der Waals surface area contributed by atoms with Crippen LogP contribution in [0, 0.1) is 23.0 Å². The van der Waals surface area contributed by atoms with Crippen LogP contribution in [0.25, 0.3) is 22.0 Å². The van der Waals surface area contributed by atoms with Crippen molar-refractivity contribution in [2.75, 3.05) is 44.0 Å². The molecule has 2 aromatic carbocycles. The van der Waals surface area contributed by atoms with Gasteiger partial charge in [0, 0.05) is 36.1 Å². The average Bonchev–Trinajstić information content (AvgIpc) is 3.65. The normalized spacial score (nSPS) is 18.7. The van der Waals surface area contributed by atoms with Crippen LogP contribution >= 0.6 is 11.8 Å². The van der Waals surface area contributed by atoms with E-state index >= 15 is 17.6 Å². The van der Waals surface area contributed by atoms with Crippen molar-refractivity contribution in [3.8, 4) is 29.0 Å². The minimum absolute atomic E-state index is 0.221. The van der Waals surface area contributed by atoms with Gasteiger partial charge in [-0.1, -0.05) is 18.3 Å². The maximum atomic E-state index is 16.7. The lowest BCUT2D eigenvalue weighted by molar-refractivity contribution is -0.140. The number of ether oxygens (including phenoxy) is 2. The first-order valence-electron chi connectivity index (χ1n) is 16.9. The van der Waals surface area contributed by atoms with Crippen LogP contribution < -0.4 is 25.8 Å². The van der Waals surface area contributed by atoms with Crippen LogP contribution in [0.4, 0.5) is 51.1 Å². The van der Waals surface area contributed by atoms with Crippen LogP contribution in [0.2, 0.25) is 0 Å². The van der Waals surface area contributed by atoms with Crippen molar-refractivity contribution in [3.63, 3.8) is 0 Å². The second kappa shape index (κ2) is 15.7.